The van der Waals surface area contributed by atoms with Gasteiger partial charge in [-0.1, -0.05) is 36.4 Å². The summed E-state index contributed by atoms with van der Waals surface area (Å²) >= 11 is 0. The van der Waals surface area contributed by atoms with Gasteiger partial charge in [-0.3, -0.25) is 4.79 Å². The summed E-state index contributed by atoms with van der Waals surface area (Å²) in [5.74, 6) is -0.0791. The smallest absolute Gasteiger partial charge is 0.227 e. The highest BCUT2D eigenvalue weighted by molar-refractivity contribution is 6.01. The molecular weight excluding hydrogens is 224 g/mol. The van der Waals surface area contributed by atoms with Crippen molar-refractivity contribution in [2.45, 2.75) is 6.42 Å². The number of rotatable bonds is 3. The number of para-hydroxylation sites is 1. The number of carbonyl (C=O) groups excluding carboxylic acids is 1. The molecule has 1 N–H and O–H groups in total. The molecule has 0 saturated heterocycles. The Morgan fingerprint density at radius 3 is 2.67 bits per heavy atom. The summed E-state index contributed by atoms with van der Waals surface area (Å²) in [6.07, 6.45) is 7.69. The average Bonchev–Trinajstić information content (AvgIpc) is 2.41. The number of nitrogens with zero attached hydrogens (tertiary/aromatic N) is 1. The van der Waals surface area contributed by atoms with E-state index in [1.807, 2.05) is 48.6 Å². The standard InChI is InChI=1S/C15H16N2O/c1-17(13-8-3-2-4-9-13)15(18)11-12-7-5-6-10-14(12)16/h2-10,12,16H,11H2,1H3. The Bertz CT molecular complexity index is 502. The molecule has 2 rings (SSSR count). The first-order chi connectivity index (χ1) is 8.68. The van der Waals surface area contributed by atoms with E-state index in [1.165, 1.54) is 0 Å². The normalized spacial score (nSPS) is 17.8. The molecule has 1 aliphatic carbocycles. The maximum absolute atomic E-state index is 12.1. The molecule has 0 bridgehead atoms. The lowest BCUT2D eigenvalue weighted by molar-refractivity contribution is -0.118. The monoisotopic (exact) mass is 240 g/mol. The van der Waals surface area contributed by atoms with Crippen LogP contribution in [0.3, 0.4) is 0 Å². The highest BCUT2D eigenvalue weighted by Gasteiger charge is 2.19. The van der Waals surface area contributed by atoms with Crippen molar-refractivity contribution in [3.05, 3.63) is 54.6 Å². The fourth-order valence-corrected chi connectivity index (χ4v) is 1.88. The van der Waals surface area contributed by atoms with Crippen molar-refractivity contribution >= 4 is 17.3 Å². The summed E-state index contributed by atoms with van der Waals surface area (Å²) in [6, 6.07) is 9.54. The molecule has 3 nitrogen and oxygen atoms in total. The Morgan fingerprint density at radius 2 is 2.00 bits per heavy atom. The largest absolute Gasteiger partial charge is 0.315 e. The fourth-order valence-electron chi connectivity index (χ4n) is 1.88. The minimum absolute atomic E-state index is 0.0240. The highest BCUT2D eigenvalue weighted by atomic mass is 16.2. The Balaban J connectivity index is 2.02. The van der Waals surface area contributed by atoms with Crippen molar-refractivity contribution < 1.29 is 4.79 Å². The van der Waals surface area contributed by atoms with E-state index in [-0.39, 0.29) is 11.8 Å². The van der Waals surface area contributed by atoms with Crippen LogP contribution < -0.4 is 4.90 Å². The second-order valence-electron chi connectivity index (χ2n) is 4.30. The van der Waals surface area contributed by atoms with Crippen LogP contribution in [0.1, 0.15) is 6.42 Å². The molecule has 0 aliphatic heterocycles. The number of amides is 1. The maximum Gasteiger partial charge on any atom is 0.227 e. The van der Waals surface area contributed by atoms with Crippen molar-refractivity contribution in [2.24, 2.45) is 5.92 Å². The second-order valence-corrected chi connectivity index (χ2v) is 4.30. The van der Waals surface area contributed by atoms with Crippen molar-refractivity contribution in [2.75, 3.05) is 11.9 Å². The van der Waals surface area contributed by atoms with Crippen LogP contribution in [0.15, 0.2) is 54.6 Å². The Morgan fingerprint density at radius 1 is 1.28 bits per heavy atom. The molecule has 0 spiro atoms. The van der Waals surface area contributed by atoms with Crippen LogP contribution >= 0.6 is 0 Å². The first-order valence-corrected chi connectivity index (χ1v) is 5.93. The van der Waals surface area contributed by atoms with Gasteiger partial charge in [-0.15, -0.1) is 0 Å². The number of benzene rings is 1. The number of hydrogen-bond donors (Lipinski definition) is 1. The van der Waals surface area contributed by atoms with Gasteiger partial charge >= 0.3 is 0 Å². The lowest BCUT2D eigenvalue weighted by Crippen LogP contribution is -2.29. The molecule has 1 amide bonds. The summed E-state index contributed by atoms with van der Waals surface area (Å²) in [5.41, 5.74) is 1.37. The second kappa shape index (κ2) is 5.45. The number of hydrogen-bond acceptors (Lipinski definition) is 2. The lowest BCUT2D eigenvalue weighted by Gasteiger charge is -2.20. The molecule has 92 valence electrons. The number of nitrogens with one attached hydrogen (secondary N) is 1. The summed E-state index contributed by atoms with van der Waals surface area (Å²) in [6.45, 7) is 0. The van der Waals surface area contributed by atoms with Gasteiger partial charge in [0.2, 0.25) is 5.91 Å². The van der Waals surface area contributed by atoms with E-state index < -0.39 is 0 Å². The van der Waals surface area contributed by atoms with Crippen LogP contribution in [0.4, 0.5) is 5.69 Å². The van der Waals surface area contributed by atoms with Crippen LogP contribution in [0.25, 0.3) is 0 Å². The zero-order valence-electron chi connectivity index (χ0n) is 10.3. The van der Waals surface area contributed by atoms with Gasteiger partial charge in [-0.05, 0) is 18.2 Å². The number of carbonyl (C=O) groups is 1. The minimum Gasteiger partial charge on any atom is -0.315 e. The Kier molecular flexibility index (Phi) is 3.72. The van der Waals surface area contributed by atoms with Crippen LogP contribution in [0.2, 0.25) is 0 Å². The van der Waals surface area contributed by atoms with Crippen LogP contribution in [-0.4, -0.2) is 18.7 Å². The molecule has 18 heavy (non-hydrogen) atoms. The van der Waals surface area contributed by atoms with E-state index >= 15 is 0 Å². The van der Waals surface area contributed by atoms with E-state index in [9.17, 15) is 4.79 Å². The molecule has 1 aromatic rings. The van der Waals surface area contributed by atoms with Gasteiger partial charge in [-0.2, -0.15) is 0 Å². The molecule has 1 unspecified atom stereocenters. The van der Waals surface area contributed by atoms with Gasteiger partial charge in [0.15, 0.2) is 0 Å². The molecular formula is C15H16N2O. The third-order valence-electron chi connectivity index (χ3n) is 3.04. The zero-order valence-corrected chi connectivity index (χ0v) is 10.3. The van der Waals surface area contributed by atoms with E-state index in [0.29, 0.717) is 12.1 Å². The maximum atomic E-state index is 12.1. The summed E-state index contributed by atoms with van der Waals surface area (Å²) < 4.78 is 0. The molecule has 1 aromatic carbocycles. The molecule has 0 saturated carbocycles. The Labute approximate surface area is 107 Å². The average molecular weight is 240 g/mol. The molecule has 0 fully saturated rings. The minimum atomic E-state index is -0.103. The van der Waals surface area contributed by atoms with Crippen molar-refractivity contribution in [1.82, 2.24) is 0 Å². The Hall–Kier alpha value is -2.16. The van der Waals surface area contributed by atoms with Gasteiger partial charge in [-0.25, -0.2) is 0 Å². The third kappa shape index (κ3) is 2.74. The quantitative estimate of drug-likeness (QED) is 0.867. The summed E-state index contributed by atoms with van der Waals surface area (Å²) in [7, 11) is 1.77. The molecule has 0 aromatic heterocycles. The molecule has 0 heterocycles. The summed E-state index contributed by atoms with van der Waals surface area (Å²) in [5, 5.41) is 7.78. The topological polar surface area (TPSA) is 44.2 Å². The van der Waals surface area contributed by atoms with Crippen molar-refractivity contribution in [3.8, 4) is 0 Å². The highest BCUT2D eigenvalue weighted by Crippen LogP contribution is 2.17. The first kappa shape index (κ1) is 12.3. The molecule has 0 radical (unpaired) electrons. The molecule has 1 atom stereocenters. The lowest BCUT2D eigenvalue weighted by atomic mass is 9.94. The number of anilines is 1. The van der Waals surface area contributed by atoms with E-state index in [0.717, 1.165) is 5.69 Å². The van der Waals surface area contributed by atoms with Gasteiger partial charge in [0.05, 0.1) is 0 Å². The predicted molar refractivity (Wildman–Crippen MR) is 74.0 cm³/mol. The van der Waals surface area contributed by atoms with E-state index in [2.05, 4.69) is 0 Å². The SMILES string of the molecule is CN(C(=O)CC1C=CC=CC1=N)c1ccccc1. The molecule has 1 aliphatic rings. The van der Waals surface area contributed by atoms with Gasteiger partial charge < -0.3 is 10.3 Å². The van der Waals surface area contributed by atoms with Gasteiger partial charge in [0, 0.05) is 30.8 Å². The first-order valence-electron chi connectivity index (χ1n) is 5.93. The fraction of sp³-hybridized carbons (Fsp3) is 0.200. The summed E-state index contributed by atoms with van der Waals surface area (Å²) in [4.78, 5) is 13.8. The van der Waals surface area contributed by atoms with Crippen molar-refractivity contribution in [3.63, 3.8) is 0 Å². The van der Waals surface area contributed by atoms with Crippen molar-refractivity contribution in [1.29, 1.82) is 5.41 Å². The van der Waals surface area contributed by atoms with E-state index in [1.54, 1.807) is 18.0 Å². The van der Waals surface area contributed by atoms with Crippen LogP contribution in [-0.2, 0) is 4.79 Å². The van der Waals surface area contributed by atoms with Gasteiger partial charge in [0.1, 0.15) is 0 Å². The van der Waals surface area contributed by atoms with Crippen LogP contribution in [0.5, 0.6) is 0 Å². The third-order valence-corrected chi connectivity index (χ3v) is 3.04. The number of allylic oxidation sites excluding steroid dienone is 4. The van der Waals surface area contributed by atoms with Gasteiger partial charge in [0.25, 0.3) is 0 Å². The predicted octanol–water partition coefficient (Wildman–Crippen LogP) is 2.80. The van der Waals surface area contributed by atoms with E-state index in [4.69, 9.17) is 5.41 Å². The zero-order chi connectivity index (χ0) is 13.0. The van der Waals surface area contributed by atoms with Crippen LogP contribution in [0, 0.1) is 11.3 Å². The molecule has 3 heteroatoms.